The number of carbonyl (C=O) groups excluding carboxylic acids is 1. The summed E-state index contributed by atoms with van der Waals surface area (Å²) in [7, 11) is 4.49. The van der Waals surface area contributed by atoms with Crippen LogP contribution in [0.15, 0.2) is 18.2 Å². The molecule has 1 aliphatic rings. The van der Waals surface area contributed by atoms with Crippen LogP contribution in [-0.2, 0) is 9.53 Å². The smallest absolute Gasteiger partial charge is 0.244 e. The van der Waals surface area contributed by atoms with Crippen LogP contribution in [-0.4, -0.2) is 91.3 Å². The van der Waals surface area contributed by atoms with Gasteiger partial charge in [-0.1, -0.05) is 0 Å². The van der Waals surface area contributed by atoms with Crippen molar-refractivity contribution in [3.63, 3.8) is 0 Å². The number of carbonyl (C=O) groups is 1. The Balaban J connectivity index is 1.92. The van der Waals surface area contributed by atoms with Gasteiger partial charge in [-0.3, -0.25) is 4.79 Å². The van der Waals surface area contributed by atoms with E-state index in [0.29, 0.717) is 22.8 Å². The molecule has 0 unspecified atom stereocenters. The van der Waals surface area contributed by atoms with Crippen LogP contribution in [0.2, 0.25) is 0 Å². The van der Waals surface area contributed by atoms with Crippen molar-refractivity contribution >= 4 is 12.0 Å². The second-order valence-electron chi connectivity index (χ2n) is 6.74. The Hall–Kier alpha value is -2.37. The first-order chi connectivity index (χ1) is 14.4. The molecule has 1 aromatic rings. The van der Waals surface area contributed by atoms with E-state index >= 15 is 0 Å². The maximum absolute atomic E-state index is 12.1. The summed E-state index contributed by atoms with van der Waals surface area (Å²) in [6.07, 6.45) is -2.88. The minimum atomic E-state index is -1.43. The van der Waals surface area contributed by atoms with Crippen LogP contribution < -0.4 is 19.5 Å². The first kappa shape index (κ1) is 23.9. The van der Waals surface area contributed by atoms with Gasteiger partial charge in [-0.05, 0) is 30.2 Å². The Morgan fingerprint density at radius 2 is 1.63 bits per heavy atom. The number of hydrogen-bond acceptors (Lipinski definition) is 9. The van der Waals surface area contributed by atoms with Crippen LogP contribution in [0.1, 0.15) is 12.0 Å². The summed E-state index contributed by atoms with van der Waals surface area (Å²) in [5.41, 5.74) is 0.661. The number of aliphatic hydroxyl groups is 4. The molecular formula is C20H29NO9. The fourth-order valence-electron chi connectivity index (χ4n) is 3.18. The molecule has 0 radical (unpaired) electrons. The van der Waals surface area contributed by atoms with Crippen molar-refractivity contribution in [2.45, 2.75) is 36.9 Å². The molecule has 1 saturated heterocycles. The van der Waals surface area contributed by atoms with Gasteiger partial charge in [0.25, 0.3) is 0 Å². The number of hydrogen-bond donors (Lipinski definition) is 5. The fourth-order valence-corrected chi connectivity index (χ4v) is 3.18. The molecule has 1 aromatic carbocycles. The number of nitrogens with one attached hydrogen (secondary N) is 1. The summed E-state index contributed by atoms with van der Waals surface area (Å²) < 4.78 is 21.2. The largest absolute Gasteiger partial charge is 0.493 e. The third-order valence-corrected chi connectivity index (χ3v) is 4.83. The zero-order valence-electron chi connectivity index (χ0n) is 17.1. The minimum absolute atomic E-state index is 0.154. The molecule has 1 aliphatic heterocycles. The lowest BCUT2D eigenvalue weighted by molar-refractivity contribution is -0.229. The molecule has 0 aliphatic carbocycles. The van der Waals surface area contributed by atoms with Crippen molar-refractivity contribution in [1.29, 1.82) is 0 Å². The first-order valence-electron chi connectivity index (χ1n) is 9.42. The van der Waals surface area contributed by atoms with Gasteiger partial charge >= 0.3 is 0 Å². The summed E-state index contributed by atoms with van der Waals surface area (Å²) in [4.78, 5) is 12.1. The molecule has 5 N–H and O–H groups in total. The lowest BCUT2D eigenvalue weighted by Gasteiger charge is -2.40. The number of benzene rings is 1. The molecule has 30 heavy (non-hydrogen) atoms. The zero-order chi connectivity index (χ0) is 22.3. The van der Waals surface area contributed by atoms with E-state index in [1.54, 1.807) is 18.2 Å². The number of ether oxygens (including phenoxy) is 4. The minimum Gasteiger partial charge on any atom is -0.493 e. The van der Waals surface area contributed by atoms with Gasteiger partial charge in [0.15, 0.2) is 11.5 Å². The Kier molecular flexibility index (Phi) is 8.88. The van der Waals surface area contributed by atoms with Crippen molar-refractivity contribution < 1.29 is 44.2 Å². The molecule has 0 saturated carbocycles. The lowest BCUT2D eigenvalue weighted by Crippen LogP contribution is -2.58. The van der Waals surface area contributed by atoms with Gasteiger partial charge in [-0.25, -0.2) is 0 Å². The molecule has 2 rings (SSSR count). The van der Waals surface area contributed by atoms with E-state index in [1.165, 1.54) is 27.4 Å². The molecule has 10 heteroatoms. The number of methoxy groups -OCH3 is 3. The van der Waals surface area contributed by atoms with E-state index < -0.39 is 37.1 Å². The highest BCUT2D eigenvalue weighted by Crippen LogP contribution is 2.38. The van der Waals surface area contributed by atoms with Crippen molar-refractivity contribution in [1.82, 2.24) is 5.32 Å². The average molecular weight is 427 g/mol. The van der Waals surface area contributed by atoms with Crippen LogP contribution in [0.4, 0.5) is 0 Å². The van der Waals surface area contributed by atoms with Gasteiger partial charge in [0.2, 0.25) is 11.7 Å². The Morgan fingerprint density at radius 1 is 1.03 bits per heavy atom. The van der Waals surface area contributed by atoms with E-state index in [2.05, 4.69) is 5.32 Å². The van der Waals surface area contributed by atoms with Gasteiger partial charge in [0, 0.05) is 12.6 Å². The Morgan fingerprint density at radius 3 is 2.17 bits per heavy atom. The van der Waals surface area contributed by atoms with Crippen LogP contribution in [0.25, 0.3) is 6.08 Å². The normalized spacial score (nSPS) is 26.4. The standard InChI is InChI=1S/C20H29NO9/c1-27-13-8-11(9-14(28-2)20(13)29-3)4-5-16(23)21-7-6-12-17(24)19(26)18(25)15(10-22)30-12/h4-5,8-9,12,15,17-19,22,24-26H,6-7,10H2,1-3H3,(H,21,23)/b5-4+/t12-,15-,17+,18+,19-/m1/s1. The van der Waals surface area contributed by atoms with Crippen LogP contribution >= 0.6 is 0 Å². The van der Waals surface area contributed by atoms with E-state index in [4.69, 9.17) is 18.9 Å². The average Bonchev–Trinajstić information content (AvgIpc) is 2.76. The van der Waals surface area contributed by atoms with Gasteiger partial charge in [0.05, 0.1) is 34.0 Å². The molecule has 1 fully saturated rings. The zero-order valence-corrected chi connectivity index (χ0v) is 17.1. The molecule has 0 bridgehead atoms. The first-order valence-corrected chi connectivity index (χ1v) is 9.42. The number of rotatable bonds is 9. The fraction of sp³-hybridized carbons (Fsp3) is 0.550. The molecule has 0 spiro atoms. The van der Waals surface area contributed by atoms with E-state index in [1.807, 2.05) is 0 Å². The molecule has 5 atom stereocenters. The summed E-state index contributed by atoms with van der Waals surface area (Å²) in [6, 6.07) is 3.39. The van der Waals surface area contributed by atoms with Gasteiger partial charge in [-0.15, -0.1) is 0 Å². The van der Waals surface area contributed by atoms with E-state index in [-0.39, 0.29) is 18.9 Å². The van der Waals surface area contributed by atoms with E-state index in [0.717, 1.165) is 0 Å². The Labute approximate surface area is 174 Å². The number of amides is 1. The second-order valence-corrected chi connectivity index (χ2v) is 6.74. The number of aliphatic hydroxyl groups excluding tert-OH is 4. The molecule has 10 nitrogen and oxygen atoms in total. The summed E-state index contributed by atoms with van der Waals surface area (Å²) >= 11 is 0. The molecule has 0 aromatic heterocycles. The van der Waals surface area contributed by atoms with E-state index in [9.17, 15) is 25.2 Å². The lowest BCUT2D eigenvalue weighted by atomic mass is 9.93. The monoisotopic (exact) mass is 427 g/mol. The third kappa shape index (κ3) is 5.61. The highest BCUT2D eigenvalue weighted by atomic mass is 16.5. The van der Waals surface area contributed by atoms with Crippen molar-refractivity contribution in [3.05, 3.63) is 23.8 Å². The summed E-state index contributed by atoms with van der Waals surface area (Å²) in [6.45, 7) is -0.341. The molecule has 168 valence electrons. The van der Waals surface area contributed by atoms with Crippen LogP contribution in [0.3, 0.4) is 0 Å². The SMILES string of the molecule is COc1cc(/C=C/C(=O)NCC[C@H]2O[C@H](CO)[C@H](O)[C@H](O)[C@H]2O)cc(OC)c1OC. The topological polar surface area (TPSA) is 147 Å². The van der Waals surface area contributed by atoms with Crippen molar-refractivity contribution in [2.24, 2.45) is 0 Å². The highest BCUT2D eigenvalue weighted by Gasteiger charge is 2.42. The molecular weight excluding hydrogens is 398 g/mol. The quantitative estimate of drug-likeness (QED) is 0.316. The summed E-state index contributed by atoms with van der Waals surface area (Å²) in [5.74, 6) is 0.980. The molecule has 1 amide bonds. The van der Waals surface area contributed by atoms with Gasteiger partial charge < -0.3 is 44.7 Å². The maximum Gasteiger partial charge on any atom is 0.244 e. The van der Waals surface area contributed by atoms with Crippen LogP contribution in [0.5, 0.6) is 17.2 Å². The molecule has 1 heterocycles. The summed E-state index contributed by atoms with van der Waals surface area (Å²) in [5, 5.41) is 41.4. The van der Waals surface area contributed by atoms with Gasteiger partial charge in [0.1, 0.15) is 24.4 Å². The maximum atomic E-state index is 12.1. The Bertz CT molecular complexity index is 712. The highest BCUT2D eigenvalue weighted by molar-refractivity contribution is 5.91. The second kappa shape index (κ2) is 11.1. The predicted octanol–water partition coefficient (Wildman–Crippen LogP) is -0.926. The third-order valence-electron chi connectivity index (χ3n) is 4.83. The van der Waals surface area contributed by atoms with Gasteiger partial charge in [-0.2, -0.15) is 0 Å². The van der Waals surface area contributed by atoms with Crippen molar-refractivity contribution in [3.8, 4) is 17.2 Å². The predicted molar refractivity (Wildman–Crippen MR) is 107 cm³/mol. The van der Waals surface area contributed by atoms with Crippen molar-refractivity contribution in [2.75, 3.05) is 34.5 Å². The van der Waals surface area contributed by atoms with Crippen LogP contribution in [0, 0.1) is 0 Å².